The number of aromatic nitrogens is 1. The van der Waals surface area contributed by atoms with Crippen LogP contribution in [0, 0.1) is 6.92 Å². The minimum atomic E-state index is -0.737. The Hall–Kier alpha value is -1.58. The summed E-state index contributed by atoms with van der Waals surface area (Å²) in [5.74, 6) is -0.520. The van der Waals surface area contributed by atoms with E-state index in [0.29, 0.717) is 12.1 Å². The van der Waals surface area contributed by atoms with Crippen LogP contribution in [0.2, 0.25) is 0 Å². The number of aromatic hydroxyl groups is 1. The number of aliphatic carboxylic acids is 1. The molecule has 1 rings (SSSR count). The average Bonchev–Trinajstić information content (AvgIpc) is 2.22. The number of carboxylic acids is 1. The highest BCUT2D eigenvalue weighted by atomic mass is 16.4. The van der Waals surface area contributed by atoms with Crippen molar-refractivity contribution in [1.29, 1.82) is 0 Å². The lowest BCUT2D eigenvalue weighted by Gasteiger charge is -2.03. The van der Waals surface area contributed by atoms with E-state index in [4.69, 9.17) is 5.11 Å². The van der Waals surface area contributed by atoms with Crippen LogP contribution in [0.15, 0.2) is 12.1 Å². The summed E-state index contributed by atoms with van der Waals surface area (Å²) in [7, 11) is 0. The highest BCUT2D eigenvalue weighted by molar-refractivity contribution is 5.66. The van der Waals surface area contributed by atoms with Gasteiger partial charge in [-0.25, -0.2) is 0 Å². The number of carbonyl (C=O) groups is 1. The third-order valence-electron chi connectivity index (χ3n) is 2.44. The molecule has 1 heterocycles. The molecule has 16 heavy (non-hydrogen) atoms. The zero-order valence-electron chi connectivity index (χ0n) is 9.44. The summed E-state index contributed by atoms with van der Waals surface area (Å²) < 4.78 is 0. The van der Waals surface area contributed by atoms with Crippen LogP contribution in [0.1, 0.15) is 37.1 Å². The van der Waals surface area contributed by atoms with Gasteiger partial charge in [0.05, 0.1) is 5.69 Å². The number of aryl methyl sites for hydroxylation is 2. The maximum atomic E-state index is 10.3. The van der Waals surface area contributed by atoms with Crippen molar-refractivity contribution < 1.29 is 15.0 Å². The van der Waals surface area contributed by atoms with Crippen molar-refractivity contribution in [3.8, 4) is 5.75 Å². The molecule has 88 valence electrons. The third-order valence-corrected chi connectivity index (χ3v) is 2.44. The molecule has 0 saturated carbocycles. The molecule has 0 radical (unpaired) electrons. The van der Waals surface area contributed by atoms with Crippen molar-refractivity contribution in [2.75, 3.05) is 0 Å². The fourth-order valence-corrected chi connectivity index (χ4v) is 1.50. The highest BCUT2D eigenvalue weighted by Gasteiger charge is 2.01. The lowest BCUT2D eigenvalue weighted by Crippen LogP contribution is -1.95. The van der Waals surface area contributed by atoms with Crippen molar-refractivity contribution in [3.05, 3.63) is 23.5 Å². The van der Waals surface area contributed by atoms with E-state index in [-0.39, 0.29) is 12.2 Å². The molecular weight excluding hydrogens is 206 g/mol. The molecule has 0 amide bonds. The normalized spacial score (nSPS) is 10.3. The Kier molecular flexibility index (Phi) is 4.76. The van der Waals surface area contributed by atoms with Crippen molar-refractivity contribution in [3.63, 3.8) is 0 Å². The Morgan fingerprint density at radius 1 is 1.31 bits per heavy atom. The monoisotopic (exact) mass is 223 g/mol. The number of hydrogen-bond acceptors (Lipinski definition) is 3. The predicted molar refractivity (Wildman–Crippen MR) is 60.4 cm³/mol. The minimum Gasteiger partial charge on any atom is -0.506 e. The van der Waals surface area contributed by atoms with E-state index in [1.54, 1.807) is 19.1 Å². The highest BCUT2D eigenvalue weighted by Crippen LogP contribution is 2.14. The van der Waals surface area contributed by atoms with Gasteiger partial charge in [0.1, 0.15) is 5.75 Å². The molecule has 0 aliphatic carbocycles. The molecule has 0 aromatic carbocycles. The molecule has 1 aromatic rings. The topological polar surface area (TPSA) is 70.4 Å². The molecule has 0 unspecified atom stereocenters. The van der Waals surface area contributed by atoms with Crippen molar-refractivity contribution >= 4 is 5.97 Å². The second-order valence-corrected chi connectivity index (χ2v) is 3.86. The second-order valence-electron chi connectivity index (χ2n) is 3.86. The van der Waals surface area contributed by atoms with Gasteiger partial charge in [-0.05, 0) is 38.3 Å². The maximum Gasteiger partial charge on any atom is 0.303 e. The molecule has 0 spiro atoms. The van der Waals surface area contributed by atoms with E-state index in [1.807, 2.05) is 0 Å². The second kappa shape index (κ2) is 6.10. The van der Waals surface area contributed by atoms with Crippen LogP contribution >= 0.6 is 0 Å². The van der Waals surface area contributed by atoms with Gasteiger partial charge >= 0.3 is 5.97 Å². The summed E-state index contributed by atoms with van der Waals surface area (Å²) in [6, 6.07) is 3.45. The largest absolute Gasteiger partial charge is 0.506 e. The Balaban J connectivity index is 2.27. The summed E-state index contributed by atoms with van der Waals surface area (Å²) in [5, 5.41) is 17.7. The first-order valence-corrected chi connectivity index (χ1v) is 5.47. The van der Waals surface area contributed by atoms with Gasteiger partial charge in [0, 0.05) is 12.1 Å². The Labute approximate surface area is 95.0 Å². The fraction of sp³-hybridized carbons (Fsp3) is 0.500. The standard InChI is InChI=1S/C12H17NO3/c1-9-11(14)8-7-10(13-9)5-3-2-4-6-12(15)16/h7-8,14H,2-6H2,1H3,(H,15,16). The SMILES string of the molecule is Cc1nc(CCCCCC(=O)O)ccc1O. The van der Waals surface area contributed by atoms with Crippen LogP contribution in [0.5, 0.6) is 5.75 Å². The molecule has 0 atom stereocenters. The lowest BCUT2D eigenvalue weighted by molar-refractivity contribution is -0.137. The lowest BCUT2D eigenvalue weighted by atomic mass is 10.1. The molecule has 0 aliphatic rings. The van der Waals surface area contributed by atoms with E-state index >= 15 is 0 Å². The molecule has 4 nitrogen and oxygen atoms in total. The van der Waals surface area contributed by atoms with Crippen LogP contribution in [0.3, 0.4) is 0 Å². The molecule has 0 fully saturated rings. The van der Waals surface area contributed by atoms with Crippen molar-refractivity contribution in [2.24, 2.45) is 0 Å². The van der Waals surface area contributed by atoms with Gasteiger partial charge in [-0.15, -0.1) is 0 Å². The fourth-order valence-electron chi connectivity index (χ4n) is 1.50. The summed E-state index contributed by atoms with van der Waals surface area (Å²) in [4.78, 5) is 14.5. The van der Waals surface area contributed by atoms with Crippen LogP contribution in [-0.4, -0.2) is 21.2 Å². The molecule has 0 aliphatic heterocycles. The van der Waals surface area contributed by atoms with E-state index in [9.17, 15) is 9.90 Å². The zero-order valence-corrected chi connectivity index (χ0v) is 9.44. The smallest absolute Gasteiger partial charge is 0.303 e. The van der Waals surface area contributed by atoms with E-state index in [1.165, 1.54) is 0 Å². The number of carboxylic acid groups (broad SMARTS) is 1. The molecule has 2 N–H and O–H groups in total. The van der Waals surface area contributed by atoms with Gasteiger partial charge in [0.25, 0.3) is 0 Å². The van der Waals surface area contributed by atoms with Crippen LogP contribution < -0.4 is 0 Å². The molecule has 4 heteroatoms. The summed E-state index contributed by atoms with van der Waals surface area (Å²) in [6.07, 6.45) is 3.62. The van der Waals surface area contributed by atoms with Crippen LogP contribution in [-0.2, 0) is 11.2 Å². The number of pyridine rings is 1. The Bertz CT molecular complexity index is 363. The van der Waals surface area contributed by atoms with Gasteiger partial charge in [0.2, 0.25) is 0 Å². The molecular formula is C12H17NO3. The van der Waals surface area contributed by atoms with E-state index in [0.717, 1.165) is 25.0 Å². The summed E-state index contributed by atoms with van der Waals surface area (Å²) in [6.45, 7) is 1.77. The quantitative estimate of drug-likeness (QED) is 0.726. The average molecular weight is 223 g/mol. The van der Waals surface area contributed by atoms with E-state index < -0.39 is 5.97 Å². The van der Waals surface area contributed by atoms with Gasteiger partial charge < -0.3 is 10.2 Å². The van der Waals surface area contributed by atoms with Gasteiger partial charge in [0.15, 0.2) is 0 Å². The van der Waals surface area contributed by atoms with Gasteiger partial charge in [-0.3, -0.25) is 9.78 Å². The summed E-state index contributed by atoms with van der Waals surface area (Å²) in [5.41, 5.74) is 1.59. The minimum absolute atomic E-state index is 0.217. The molecule has 1 aromatic heterocycles. The Morgan fingerprint density at radius 3 is 2.69 bits per heavy atom. The van der Waals surface area contributed by atoms with Crippen molar-refractivity contribution in [2.45, 2.75) is 39.0 Å². The number of hydrogen-bond donors (Lipinski definition) is 2. The van der Waals surface area contributed by atoms with Gasteiger partial charge in [-0.2, -0.15) is 0 Å². The summed E-state index contributed by atoms with van der Waals surface area (Å²) >= 11 is 0. The first kappa shape index (κ1) is 12.5. The number of nitrogens with zero attached hydrogens (tertiary/aromatic N) is 1. The third kappa shape index (κ3) is 4.29. The maximum absolute atomic E-state index is 10.3. The number of unbranched alkanes of at least 4 members (excludes halogenated alkanes) is 2. The molecule has 0 saturated heterocycles. The first-order valence-electron chi connectivity index (χ1n) is 5.47. The molecule has 0 bridgehead atoms. The predicted octanol–water partition coefficient (Wildman–Crippen LogP) is 2.28. The number of rotatable bonds is 6. The zero-order chi connectivity index (χ0) is 12.0. The van der Waals surface area contributed by atoms with Crippen molar-refractivity contribution in [1.82, 2.24) is 4.98 Å². The Morgan fingerprint density at radius 2 is 2.06 bits per heavy atom. The van der Waals surface area contributed by atoms with Crippen LogP contribution in [0.25, 0.3) is 0 Å². The van der Waals surface area contributed by atoms with E-state index in [2.05, 4.69) is 4.98 Å². The first-order chi connectivity index (χ1) is 7.59. The van der Waals surface area contributed by atoms with Crippen LogP contribution in [0.4, 0.5) is 0 Å². The van der Waals surface area contributed by atoms with Gasteiger partial charge in [-0.1, -0.05) is 6.42 Å².